The van der Waals surface area contributed by atoms with Crippen molar-refractivity contribution in [1.29, 1.82) is 0 Å². The number of nitrogens with zero attached hydrogens (tertiary/aromatic N) is 1. The van der Waals surface area contributed by atoms with Gasteiger partial charge in [0.2, 0.25) is 5.91 Å². The van der Waals surface area contributed by atoms with E-state index >= 15 is 0 Å². The predicted octanol–water partition coefficient (Wildman–Crippen LogP) is 0.232. The normalized spacial score (nSPS) is 28.1. The highest BCUT2D eigenvalue weighted by Gasteiger charge is 2.49. The Bertz CT molecular complexity index is 455. The van der Waals surface area contributed by atoms with Crippen molar-refractivity contribution < 1.29 is 24.5 Å². The fraction of sp³-hybridized carbons (Fsp3) is 0.800. The second kappa shape index (κ2) is 9.43. The number of hydrazine groups is 1. The van der Waals surface area contributed by atoms with Gasteiger partial charge >= 0.3 is 6.16 Å². The highest BCUT2D eigenvalue weighted by Crippen LogP contribution is 2.37. The maximum Gasteiger partial charge on any atom is 0.506 e. The minimum atomic E-state index is -1.45. The Balaban J connectivity index is 3.14. The van der Waals surface area contributed by atoms with Crippen LogP contribution >= 0.6 is 0 Å². The van der Waals surface area contributed by atoms with Crippen LogP contribution in [-0.2, 0) is 9.53 Å². The van der Waals surface area contributed by atoms with Gasteiger partial charge in [-0.3, -0.25) is 9.79 Å². The first kappa shape index (κ1) is 20.2. The highest BCUT2D eigenvalue weighted by molar-refractivity contribution is 5.73. The van der Waals surface area contributed by atoms with Crippen LogP contribution in [0.15, 0.2) is 4.99 Å². The molecule has 1 unspecified atom stereocenters. The third-order valence-electron chi connectivity index (χ3n) is 4.63. The van der Waals surface area contributed by atoms with Gasteiger partial charge in [-0.2, -0.15) is 0 Å². The number of carbonyl (C=O) groups is 2. The Labute approximate surface area is 141 Å². The fourth-order valence-corrected chi connectivity index (χ4v) is 3.57. The molecule has 1 aliphatic rings. The van der Waals surface area contributed by atoms with Crippen LogP contribution in [0.3, 0.4) is 0 Å². The number of aliphatic hydroxyl groups excluding tert-OH is 1. The Morgan fingerprint density at radius 3 is 2.50 bits per heavy atom. The van der Waals surface area contributed by atoms with E-state index in [-0.39, 0.29) is 24.3 Å². The predicted molar refractivity (Wildman–Crippen MR) is 88.3 cm³/mol. The van der Waals surface area contributed by atoms with Crippen LogP contribution in [0.25, 0.3) is 0 Å². The summed E-state index contributed by atoms with van der Waals surface area (Å²) in [6.45, 7) is 5.44. The van der Waals surface area contributed by atoms with E-state index in [9.17, 15) is 14.7 Å². The van der Waals surface area contributed by atoms with E-state index in [1.54, 1.807) is 0 Å². The van der Waals surface area contributed by atoms with Crippen molar-refractivity contribution in [1.82, 2.24) is 10.7 Å². The maximum atomic E-state index is 11.6. The average Bonchev–Trinajstić information content (AvgIpc) is 2.80. The summed E-state index contributed by atoms with van der Waals surface area (Å²) in [5.74, 6) is 4.67. The zero-order valence-electron chi connectivity index (χ0n) is 14.3. The van der Waals surface area contributed by atoms with Gasteiger partial charge in [-0.25, -0.2) is 10.6 Å². The van der Waals surface area contributed by atoms with Crippen LogP contribution in [0.2, 0.25) is 0 Å². The highest BCUT2D eigenvalue weighted by atomic mass is 16.7. The van der Waals surface area contributed by atoms with Gasteiger partial charge in [-0.1, -0.05) is 26.7 Å². The lowest BCUT2D eigenvalue weighted by Gasteiger charge is -2.35. The molecule has 138 valence electrons. The first-order chi connectivity index (χ1) is 11.3. The maximum absolute atomic E-state index is 11.6. The molecule has 1 rings (SSSR count). The SMILES string of the molecule is CCC(CC)C(NC(C)=O)[C@H]1[C@@H](O)[C@H](OC(=O)O)C[C@H]1N=CNN. The minimum absolute atomic E-state index is 0.126. The second-order valence-corrected chi connectivity index (χ2v) is 6.04. The molecule has 1 fully saturated rings. The summed E-state index contributed by atoms with van der Waals surface area (Å²) in [4.78, 5) is 26.8. The van der Waals surface area contributed by atoms with Crippen LogP contribution in [-0.4, -0.2) is 52.9 Å². The van der Waals surface area contributed by atoms with Crippen molar-refractivity contribution in [3.8, 4) is 0 Å². The van der Waals surface area contributed by atoms with E-state index in [1.165, 1.54) is 13.3 Å². The van der Waals surface area contributed by atoms with Gasteiger partial charge in [0.15, 0.2) is 0 Å². The van der Waals surface area contributed by atoms with Gasteiger partial charge in [-0.15, -0.1) is 0 Å². The minimum Gasteiger partial charge on any atom is -0.450 e. The molecular formula is C15H28N4O5. The fourth-order valence-electron chi connectivity index (χ4n) is 3.57. The van der Waals surface area contributed by atoms with Crippen LogP contribution in [0.4, 0.5) is 4.79 Å². The summed E-state index contributed by atoms with van der Waals surface area (Å²) in [6, 6.07) is -0.757. The Morgan fingerprint density at radius 2 is 2.04 bits per heavy atom. The lowest BCUT2D eigenvalue weighted by molar-refractivity contribution is -0.121. The number of nitrogens with two attached hydrogens (primary N) is 1. The Kier molecular flexibility index (Phi) is 7.93. The molecule has 0 bridgehead atoms. The van der Waals surface area contributed by atoms with Crippen LogP contribution < -0.4 is 16.6 Å². The van der Waals surface area contributed by atoms with Crippen molar-refractivity contribution in [2.75, 3.05) is 0 Å². The van der Waals surface area contributed by atoms with E-state index in [4.69, 9.17) is 15.7 Å². The molecule has 6 N–H and O–H groups in total. The number of hydrogen-bond acceptors (Lipinski definition) is 6. The Morgan fingerprint density at radius 1 is 1.42 bits per heavy atom. The average molecular weight is 344 g/mol. The van der Waals surface area contributed by atoms with E-state index in [1.807, 2.05) is 13.8 Å². The van der Waals surface area contributed by atoms with Gasteiger partial charge in [0.1, 0.15) is 6.10 Å². The molecular weight excluding hydrogens is 316 g/mol. The molecule has 0 radical (unpaired) electrons. The third kappa shape index (κ3) is 5.07. The van der Waals surface area contributed by atoms with Gasteiger partial charge in [-0.05, 0) is 5.92 Å². The monoisotopic (exact) mass is 344 g/mol. The number of hydrogen-bond donors (Lipinski definition) is 5. The summed E-state index contributed by atoms with van der Waals surface area (Å²) < 4.78 is 4.79. The topological polar surface area (TPSA) is 146 Å². The van der Waals surface area contributed by atoms with Crippen molar-refractivity contribution in [3.63, 3.8) is 0 Å². The van der Waals surface area contributed by atoms with E-state index in [0.29, 0.717) is 0 Å². The molecule has 1 saturated carbocycles. The molecule has 0 saturated heterocycles. The summed E-state index contributed by atoms with van der Waals surface area (Å²) in [5.41, 5.74) is 2.30. The number of aliphatic hydroxyl groups is 1. The van der Waals surface area contributed by atoms with Crippen LogP contribution in [0.5, 0.6) is 0 Å². The summed E-state index contributed by atoms with van der Waals surface area (Å²) in [5, 5.41) is 22.4. The molecule has 0 spiro atoms. The molecule has 0 aromatic heterocycles. The Hall–Kier alpha value is -1.87. The standard InChI is InChI=1S/C15H28N4O5/c1-4-9(5-2)13(19-8(3)20)12-10(17-7-18-16)6-11(14(12)21)24-15(22)23/h7,9-14,21H,4-6,16H2,1-3H3,(H,17,18)(H,19,20)(H,22,23)/t10-,11-,12+,13?,14+/m1/s1. The van der Waals surface area contributed by atoms with E-state index in [2.05, 4.69) is 15.7 Å². The van der Waals surface area contributed by atoms with E-state index < -0.39 is 30.3 Å². The van der Waals surface area contributed by atoms with Gasteiger partial charge in [0.05, 0.1) is 18.5 Å². The lowest BCUT2D eigenvalue weighted by Crippen LogP contribution is -2.51. The second-order valence-electron chi connectivity index (χ2n) is 6.04. The van der Waals surface area contributed by atoms with Crippen molar-refractivity contribution >= 4 is 18.4 Å². The molecule has 9 heteroatoms. The summed E-state index contributed by atoms with van der Waals surface area (Å²) in [6.07, 6.45) is -0.256. The molecule has 0 aliphatic heterocycles. The number of carboxylic acid groups (broad SMARTS) is 1. The smallest absolute Gasteiger partial charge is 0.450 e. The van der Waals surface area contributed by atoms with Gasteiger partial charge in [0, 0.05) is 25.3 Å². The molecule has 0 aromatic rings. The first-order valence-corrected chi connectivity index (χ1v) is 8.18. The molecule has 9 nitrogen and oxygen atoms in total. The quantitative estimate of drug-likeness (QED) is 0.139. The molecule has 24 heavy (non-hydrogen) atoms. The van der Waals surface area contributed by atoms with E-state index in [0.717, 1.165) is 12.8 Å². The number of nitrogens with one attached hydrogen (secondary N) is 2. The lowest BCUT2D eigenvalue weighted by atomic mass is 9.81. The summed E-state index contributed by atoms with van der Waals surface area (Å²) >= 11 is 0. The largest absolute Gasteiger partial charge is 0.506 e. The zero-order chi connectivity index (χ0) is 18.3. The van der Waals surface area contributed by atoms with Crippen LogP contribution in [0, 0.1) is 11.8 Å². The number of aliphatic imine (C=N–C) groups is 1. The molecule has 0 aromatic carbocycles. The van der Waals surface area contributed by atoms with Gasteiger partial charge in [0.25, 0.3) is 0 Å². The number of rotatable bonds is 8. The molecule has 5 atom stereocenters. The van der Waals surface area contributed by atoms with Crippen molar-refractivity contribution in [2.24, 2.45) is 22.7 Å². The first-order valence-electron chi connectivity index (χ1n) is 8.18. The number of carbonyl (C=O) groups excluding carboxylic acids is 1. The van der Waals surface area contributed by atoms with Crippen LogP contribution in [0.1, 0.15) is 40.0 Å². The third-order valence-corrected chi connectivity index (χ3v) is 4.63. The molecule has 1 aliphatic carbocycles. The number of amides is 1. The zero-order valence-corrected chi connectivity index (χ0v) is 14.3. The molecule has 0 heterocycles. The van der Waals surface area contributed by atoms with Crippen molar-refractivity contribution in [3.05, 3.63) is 0 Å². The van der Waals surface area contributed by atoms with Crippen molar-refractivity contribution in [2.45, 2.75) is 64.3 Å². The summed E-state index contributed by atoms with van der Waals surface area (Å²) in [7, 11) is 0. The molecule has 1 amide bonds. The number of ether oxygens (including phenoxy) is 1. The van der Waals surface area contributed by atoms with Gasteiger partial charge < -0.3 is 25.7 Å².